The molecule has 0 heterocycles. The van der Waals surface area contributed by atoms with Crippen LogP contribution >= 0.6 is 0 Å². The van der Waals surface area contributed by atoms with Gasteiger partial charge in [-0.05, 0) is 18.8 Å². The monoisotopic (exact) mass is 229 g/mol. The van der Waals surface area contributed by atoms with Gasteiger partial charge in [-0.15, -0.1) is 0 Å². The van der Waals surface area contributed by atoms with Crippen molar-refractivity contribution < 1.29 is 19.8 Å². The van der Waals surface area contributed by atoms with Crippen LogP contribution < -0.4 is 5.32 Å². The lowest BCUT2D eigenvalue weighted by atomic mass is 9.77. The zero-order valence-corrected chi connectivity index (χ0v) is 9.53. The summed E-state index contributed by atoms with van der Waals surface area (Å²) < 4.78 is 0. The highest BCUT2D eigenvalue weighted by molar-refractivity contribution is 5.93. The van der Waals surface area contributed by atoms with Crippen LogP contribution in [0.15, 0.2) is 0 Å². The number of rotatable bonds is 4. The molecule has 0 aromatic heterocycles. The highest BCUT2D eigenvalue weighted by Crippen LogP contribution is 2.31. The van der Waals surface area contributed by atoms with Crippen molar-refractivity contribution in [1.82, 2.24) is 5.32 Å². The standard InChI is InChI=1S/C11H19NO4/c1-8-3-2-4-11(6-8,7-13)12-9(14)5-10(15)16/h8,13H,2-7H2,1H3,(H,12,14)(H,15,16). The van der Waals surface area contributed by atoms with Gasteiger partial charge in [0.15, 0.2) is 0 Å². The van der Waals surface area contributed by atoms with Crippen LogP contribution in [0.4, 0.5) is 0 Å². The summed E-state index contributed by atoms with van der Waals surface area (Å²) >= 11 is 0. The van der Waals surface area contributed by atoms with Crippen LogP contribution in [0, 0.1) is 5.92 Å². The van der Waals surface area contributed by atoms with E-state index in [2.05, 4.69) is 12.2 Å². The van der Waals surface area contributed by atoms with Crippen LogP contribution in [-0.2, 0) is 9.59 Å². The number of hydrogen-bond donors (Lipinski definition) is 3. The molecular weight excluding hydrogens is 210 g/mol. The summed E-state index contributed by atoms with van der Waals surface area (Å²) in [5.41, 5.74) is -0.607. The Bertz CT molecular complexity index is 279. The topological polar surface area (TPSA) is 86.6 Å². The molecule has 5 heteroatoms. The fourth-order valence-electron chi connectivity index (χ4n) is 2.43. The van der Waals surface area contributed by atoms with Gasteiger partial charge in [-0.2, -0.15) is 0 Å². The molecule has 0 bridgehead atoms. The Morgan fingerprint density at radius 3 is 2.69 bits per heavy atom. The van der Waals surface area contributed by atoms with Gasteiger partial charge < -0.3 is 15.5 Å². The summed E-state index contributed by atoms with van der Waals surface area (Å²) in [6.07, 6.45) is 2.95. The highest BCUT2D eigenvalue weighted by atomic mass is 16.4. The van der Waals surface area contributed by atoms with Gasteiger partial charge in [-0.3, -0.25) is 9.59 Å². The second kappa shape index (κ2) is 5.30. The molecule has 0 spiro atoms. The maximum Gasteiger partial charge on any atom is 0.312 e. The predicted molar refractivity (Wildman–Crippen MR) is 57.8 cm³/mol. The van der Waals surface area contributed by atoms with E-state index in [-0.39, 0.29) is 6.61 Å². The Morgan fingerprint density at radius 2 is 2.19 bits per heavy atom. The van der Waals surface area contributed by atoms with Gasteiger partial charge in [0, 0.05) is 0 Å². The average Bonchev–Trinajstić information content (AvgIpc) is 2.16. The SMILES string of the molecule is CC1CCCC(CO)(NC(=O)CC(=O)O)C1. The summed E-state index contributed by atoms with van der Waals surface area (Å²) in [5.74, 6) is -1.21. The number of hydrogen-bond acceptors (Lipinski definition) is 3. The number of nitrogens with one attached hydrogen (secondary N) is 1. The normalized spacial score (nSPS) is 29.8. The molecule has 3 N–H and O–H groups in total. The van der Waals surface area contributed by atoms with Gasteiger partial charge in [0.2, 0.25) is 5.91 Å². The molecule has 0 radical (unpaired) electrons. The molecular formula is C11H19NO4. The number of carboxylic acids is 1. The Balaban J connectivity index is 2.58. The smallest absolute Gasteiger partial charge is 0.312 e. The van der Waals surface area contributed by atoms with E-state index in [4.69, 9.17) is 5.11 Å². The van der Waals surface area contributed by atoms with Gasteiger partial charge in [-0.25, -0.2) is 0 Å². The van der Waals surface area contributed by atoms with E-state index >= 15 is 0 Å². The highest BCUT2D eigenvalue weighted by Gasteiger charge is 2.35. The van der Waals surface area contributed by atoms with E-state index < -0.39 is 23.8 Å². The largest absolute Gasteiger partial charge is 0.481 e. The van der Waals surface area contributed by atoms with Crippen LogP contribution in [0.5, 0.6) is 0 Å². The van der Waals surface area contributed by atoms with Gasteiger partial charge in [0.1, 0.15) is 6.42 Å². The van der Waals surface area contributed by atoms with E-state index in [9.17, 15) is 14.7 Å². The minimum absolute atomic E-state index is 0.122. The fraction of sp³-hybridized carbons (Fsp3) is 0.818. The molecule has 1 rings (SSSR count). The Labute approximate surface area is 94.8 Å². The minimum atomic E-state index is -1.14. The number of carbonyl (C=O) groups excluding carboxylic acids is 1. The fourth-order valence-corrected chi connectivity index (χ4v) is 2.43. The van der Waals surface area contributed by atoms with Crippen LogP contribution in [0.2, 0.25) is 0 Å². The van der Waals surface area contributed by atoms with E-state index in [1.165, 1.54) is 0 Å². The lowest BCUT2D eigenvalue weighted by molar-refractivity contribution is -0.141. The molecule has 0 aromatic carbocycles. The van der Waals surface area contributed by atoms with Crippen molar-refractivity contribution in [2.45, 2.75) is 44.6 Å². The zero-order valence-electron chi connectivity index (χ0n) is 9.53. The number of amides is 1. The van der Waals surface area contributed by atoms with Crippen molar-refractivity contribution in [3.63, 3.8) is 0 Å². The number of aliphatic hydroxyl groups is 1. The van der Waals surface area contributed by atoms with Crippen molar-refractivity contribution >= 4 is 11.9 Å². The van der Waals surface area contributed by atoms with Crippen molar-refractivity contribution in [3.05, 3.63) is 0 Å². The van der Waals surface area contributed by atoms with Crippen molar-refractivity contribution in [3.8, 4) is 0 Å². The summed E-state index contributed by atoms with van der Waals surface area (Å²) in [7, 11) is 0. The maximum atomic E-state index is 11.4. The number of aliphatic carboxylic acids is 1. The second-order valence-corrected chi connectivity index (χ2v) is 4.76. The molecule has 1 amide bonds. The summed E-state index contributed by atoms with van der Waals surface area (Å²) in [4.78, 5) is 21.8. The molecule has 0 saturated heterocycles. The third-order valence-electron chi connectivity index (χ3n) is 3.11. The third-order valence-corrected chi connectivity index (χ3v) is 3.11. The van der Waals surface area contributed by atoms with Crippen LogP contribution in [0.25, 0.3) is 0 Å². The van der Waals surface area contributed by atoms with E-state index in [0.29, 0.717) is 5.92 Å². The van der Waals surface area contributed by atoms with Crippen LogP contribution in [0.3, 0.4) is 0 Å². The first-order valence-corrected chi connectivity index (χ1v) is 5.61. The minimum Gasteiger partial charge on any atom is -0.481 e. The summed E-state index contributed by atoms with van der Waals surface area (Å²) in [6.45, 7) is 1.95. The van der Waals surface area contributed by atoms with Crippen LogP contribution in [0.1, 0.15) is 39.0 Å². The molecule has 92 valence electrons. The second-order valence-electron chi connectivity index (χ2n) is 4.76. The van der Waals surface area contributed by atoms with E-state index in [0.717, 1.165) is 25.7 Å². The van der Waals surface area contributed by atoms with Crippen molar-refractivity contribution in [1.29, 1.82) is 0 Å². The first-order valence-electron chi connectivity index (χ1n) is 5.61. The van der Waals surface area contributed by atoms with Crippen molar-refractivity contribution in [2.75, 3.05) is 6.61 Å². The van der Waals surface area contributed by atoms with E-state index in [1.807, 2.05) is 0 Å². The van der Waals surface area contributed by atoms with Gasteiger partial charge in [-0.1, -0.05) is 19.8 Å². The first-order chi connectivity index (χ1) is 7.47. The molecule has 2 unspecified atom stereocenters. The Hall–Kier alpha value is -1.10. The molecule has 1 aliphatic rings. The molecule has 16 heavy (non-hydrogen) atoms. The maximum absolute atomic E-state index is 11.4. The van der Waals surface area contributed by atoms with E-state index in [1.54, 1.807) is 0 Å². The lowest BCUT2D eigenvalue weighted by Crippen LogP contribution is -2.54. The number of carboxylic acid groups (broad SMARTS) is 1. The summed E-state index contributed by atoms with van der Waals surface area (Å²) in [5, 5.41) is 20.6. The number of carbonyl (C=O) groups is 2. The van der Waals surface area contributed by atoms with Gasteiger partial charge >= 0.3 is 5.97 Å². The quantitative estimate of drug-likeness (QED) is 0.613. The summed E-state index contributed by atoms with van der Waals surface area (Å²) in [6, 6.07) is 0. The molecule has 1 fully saturated rings. The molecule has 1 aliphatic carbocycles. The van der Waals surface area contributed by atoms with Gasteiger partial charge in [0.05, 0.1) is 12.1 Å². The molecule has 5 nitrogen and oxygen atoms in total. The molecule has 2 atom stereocenters. The average molecular weight is 229 g/mol. The molecule has 0 aliphatic heterocycles. The first kappa shape index (κ1) is 13.0. The van der Waals surface area contributed by atoms with Gasteiger partial charge in [0.25, 0.3) is 0 Å². The number of aliphatic hydroxyl groups excluding tert-OH is 1. The Morgan fingerprint density at radius 1 is 1.50 bits per heavy atom. The lowest BCUT2D eigenvalue weighted by Gasteiger charge is -2.39. The van der Waals surface area contributed by atoms with Crippen LogP contribution in [-0.4, -0.2) is 34.2 Å². The van der Waals surface area contributed by atoms with Crippen molar-refractivity contribution in [2.24, 2.45) is 5.92 Å². The third kappa shape index (κ3) is 3.48. The Kier molecular flexibility index (Phi) is 4.29. The molecule has 0 aromatic rings. The molecule has 1 saturated carbocycles. The predicted octanol–water partition coefficient (Wildman–Crippen LogP) is 0.518. The zero-order chi connectivity index (χ0) is 12.2.